The summed E-state index contributed by atoms with van der Waals surface area (Å²) >= 11 is 6.06. The van der Waals surface area contributed by atoms with Crippen LogP contribution in [0, 0.1) is 0 Å². The number of hydrogen-bond acceptors (Lipinski definition) is 4. The molecule has 4 nitrogen and oxygen atoms in total. The Balaban J connectivity index is 1.64. The van der Waals surface area contributed by atoms with E-state index in [9.17, 15) is 5.11 Å². The standard InChI is InChI=1S/C22H16ClNO3/c23-17-6-4-5-16(13-17)22-20(14-25)21(24-27-22)15-9-11-19(12-10-15)26-18-7-2-1-3-8-18/h1-13,25H,14H2. The maximum absolute atomic E-state index is 9.87. The Hall–Kier alpha value is -3.08. The van der Waals surface area contributed by atoms with Crippen LogP contribution in [-0.4, -0.2) is 10.3 Å². The molecule has 5 heteroatoms. The van der Waals surface area contributed by atoms with Crippen molar-refractivity contribution >= 4 is 11.6 Å². The highest BCUT2D eigenvalue weighted by molar-refractivity contribution is 6.30. The van der Waals surface area contributed by atoms with Gasteiger partial charge in [-0.2, -0.15) is 0 Å². The second-order valence-corrected chi connectivity index (χ2v) is 6.38. The fraction of sp³-hybridized carbons (Fsp3) is 0.0455. The number of para-hydroxylation sites is 1. The van der Waals surface area contributed by atoms with Gasteiger partial charge in [0.05, 0.1) is 12.2 Å². The fourth-order valence-corrected chi connectivity index (χ4v) is 3.04. The summed E-state index contributed by atoms with van der Waals surface area (Å²) in [5.74, 6) is 2.00. The van der Waals surface area contributed by atoms with Crippen LogP contribution >= 0.6 is 11.6 Å². The zero-order valence-corrected chi connectivity index (χ0v) is 15.1. The predicted molar refractivity (Wildman–Crippen MR) is 105 cm³/mol. The number of rotatable bonds is 5. The molecule has 0 aliphatic heterocycles. The monoisotopic (exact) mass is 377 g/mol. The second kappa shape index (κ2) is 7.66. The Morgan fingerprint density at radius 1 is 0.852 bits per heavy atom. The van der Waals surface area contributed by atoms with E-state index in [1.165, 1.54) is 0 Å². The minimum atomic E-state index is -0.192. The van der Waals surface area contributed by atoms with Crippen LogP contribution in [0.5, 0.6) is 11.5 Å². The van der Waals surface area contributed by atoms with E-state index < -0.39 is 0 Å². The molecule has 3 aromatic carbocycles. The molecule has 0 aliphatic carbocycles. The minimum Gasteiger partial charge on any atom is -0.457 e. The van der Waals surface area contributed by atoms with Crippen LogP contribution in [0.15, 0.2) is 83.4 Å². The SMILES string of the molecule is OCc1c(-c2ccc(Oc3ccccc3)cc2)noc1-c1cccc(Cl)c1. The Labute approximate surface area is 161 Å². The molecule has 1 N–H and O–H groups in total. The van der Waals surface area contributed by atoms with E-state index in [0.717, 1.165) is 16.9 Å². The Morgan fingerprint density at radius 3 is 2.30 bits per heavy atom. The van der Waals surface area contributed by atoms with Crippen LogP contribution in [0.2, 0.25) is 5.02 Å². The summed E-state index contributed by atoms with van der Waals surface area (Å²) in [4.78, 5) is 0. The summed E-state index contributed by atoms with van der Waals surface area (Å²) < 4.78 is 11.3. The van der Waals surface area contributed by atoms with Crippen LogP contribution in [0.4, 0.5) is 0 Å². The van der Waals surface area contributed by atoms with Gasteiger partial charge < -0.3 is 14.4 Å². The smallest absolute Gasteiger partial charge is 0.173 e. The van der Waals surface area contributed by atoms with E-state index >= 15 is 0 Å². The quantitative estimate of drug-likeness (QED) is 0.467. The van der Waals surface area contributed by atoms with Gasteiger partial charge >= 0.3 is 0 Å². The Morgan fingerprint density at radius 2 is 1.59 bits per heavy atom. The Bertz CT molecular complexity index is 1040. The molecule has 0 fully saturated rings. The van der Waals surface area contributed by atoms with Crippen molar-refractivity contribution in [1.82, 2.24) is 5.16 Å². The molecule has 134 valence electrons. The van der Waals surface area contributed by atoms with Crippen LogP contribution < -0.4 is 4.74 Å². The third-order valence-corrected chi connectivity index (χ3v) is 4.37. The van der Waals surface area contributed by atoms with E-state index in [2.05, 4.69) is 5.16 Å². The van der Waals surface area contributed by atoms with E-state index in [1.54, 1.807) is 12.1 Å². The number of aliphatic hydroxyl groups is 1. The van der Waals surface area contributed by atoms with Gasteiger partial charge in [0.15, 0.2) is 5.76 Å². The van der Waals surface area contributed by atoms with Crippen LogP contribution in [-0.2, 0) is 6.61 Å². The molecular formula is C22H16ClNO3. The number of halogens is 1. The van der Waals surface area contributed by atoms with Crippen molar-refractivity contribution < 1.29 is 14.4 Å². The molecule has 0 bridgehead atoms. The van der Waals surface area contributed by atoms with Crippen molar-refractivity contribution in [3.8, 4) is 34.1 Å². The number of aliphatic hydroxyl groups excluding tert-OH is 1. The average Bonchev–Trinajstić information content (AvgIpc) is 3.13. The van der Waals surface area contributed by atoms with Gasteiger partial charge in [0, 0.05) is 16.1 Å². The summed E-state index contributed by atoms with van der Waals surface area (Å²) in [5.41, 5.74) is 2.82. The first kappa shape index (κ1) is 17.3. The van der Waals surface area contributed by atoms with E-state index in [4.69, 9.17) is 20.9 Å². The van der Waals surface area contributed by atoms with Crippen molar-refractivity contribution in [2.45, 2.75) is 6.61 Å². The molecule has 4 aromatic rings. The van der Waals surface area contributed by atoms with Gasteiger partial charge in [-0.15, -0.1) is 0 Å². The third-order valence-electron chi connectivity index (χ3n) is 4.14. The van der Waals surface area contributed by atoms with E-state index in [0.29, 0.717) is 27.8 Å². The van der Waals surface area contributed by atoms with Gasteiger partial charge in [-0.05, 0) is 48.5 Å². The first-order chi connectivity index (χ1) is 13.2. The highest BCUT2D eigenvalue weighted by atomic mass is 35.5. The molecule has 4 rings (SSSR count). The molecule has 0 atom stereocenters. The zero-order valence-electron chi connectivity index (χ0n) is 14.3. The van der Waals surface area contributed by atoms with Crippen molar-refractivity contribution in [1.29, 1.82) is 0 Å². The lowest BCUT2D eigenvalue weighted by atomic mass is 10.0. The van der Waals surface area contributed by atoms with Gasteiger partial charge in [-0.3, -0.25) is 0 Å². The lowest BCUT2D eigenvalue weighted by molar-refractivity contribution is 0.281. The first-order valence-electron chi connectivity index (χ1n) is 8.43. The van der Waals surface area contributed by atoms with Crippen LogP contribution in [0.25, 0.3) is 22.6 Å². The molecular weight excluding hydrogens is 362 g/mol. The lowest BCUT2D eigenvalue weighted by Gasteiger charge is -2.06. The normalized spacial score (nSPS) is 10.7. The molecule has 0 unspecified atom stereocenters. The number of aromatic nitrogens is 1. The van der Waals surface area contributed by atoms with Crippen molar-refractivity contribution in [2.24, 2.45) is 0 Å². The summed E-state index contributed by atoms with van der Waals surface area (Å²) in [6.45, 7) is -0.192. The van der Waals surface area contributed by atoms with Crippen LogP contribution in [0.1, 0.15) is 5.56 Å². The number of benzene rings is 3. The predicted octanol–water partition coefficient (Wildman–Crippen LogP) is 5.95. The summed E-state index contributed by atoms with van der Waals surface area (Å²) in [6.07, 6.45) is 0. The molecule has 0 aliphatic rings. The highest BCUT2D eigenvalue weighted by Gasteiger charge is 2.18. The molecule has 0 radical (unpaired) electrons. The van der Waals surface area contributed by atoms with Crippen molar-refractivity contribution in [2.75, 3.05) is 0 Å². The largest absolute Gasteiger partial charge is 0.457 e. The van der Waals surface area contributed by atoms with Gasteiger partial charge in [-0.25, -0.2) is 0 Å². The maximum Gasteiger partial charge on any atom is 0.173 e. The van der Waals surface area contributed by atoms with Gasteiger partial charge in [0.25, 0.3) is 0 Å². The lowest BCUT2D eigenvalue weighted by Crippen LogP contribution is -1.90. The number of nitrogens with zero attached hydrogens (tertiary/aromatic N) is 1. The molecule has 0 spiro atoms. The molecule has 0 amide bonds. The molecule has 1 heterocycles. The van der Waals surface area contributed by atoms with Gasteiger partial charge in [0.1, 0.15) is 17.2 Å². The number of hydrogen-bond donors (Lipinski definition) is 1. The highest BCUT2D eigenvalue weighted by Crippen LogP contribution is 2.34. The fourth-order valence-electron chi connectivity index (χ4n) is 2.84. The molecule has 27 heavy (non-hydrogen) atoms. The second-order valence-electron chi connectivity index (χ2n) is 5.95. The number of ether oxygens (including phenoxy) is 1. The summed E-state index contributed by atoms with van der Waals surface area (Å²) in [6, 6.07) is 24.3. The molecule has 1 aromatic heterocycles. The van der Waals surface area contributed by atoms with E-state index in [1.807, 2.05) is 66.7 Å². The average molecular weight is 378 g/mol. The van der Waals surface area contributed by atoms with Gasteiger partial charge in [-0.1, -0.05) is 47.1 Å². The summed E-state index contributed by atoms with van der Waals surface area (Å²) in [7, 11) is 0. The molecule has 0 saturated heterocycles. The first-order valence-corrected chi connectivity index (χ1v) is 8.81. The topological polar surface area (TPSA) is 55.5 Å². The maximum atomic E-state index is 9.87. The zero-order chi connectivity index (χ0) is 18.6. The van der Waals surface area contributed by atoms with Crippen LogP contribution in [0.3, 0.4) is 0 Å². The Kier molecular flexibility index (Phi) is 4.92. The van der Waals surface area contributed by atoms with Gasteiger partial charge in [0.2, 0.25) is 0 Å². The van der Waals surface area contributed by atoms with Crippen molar-refractivity contribution in [3.05, 3.63) is 89.4 Å². The van der Waals surface area contributed by atoms with Crippen molar-refractivity contribution in [3.63, 3.8) is 0 Å². The minimum absolute atomic E-state index is 0.192. The van der Waals surface area contributed by atoms with E-state index in [-0.39, 0.29) is 6.61 Å². The molecule has 0 saturated carbocycles. The third kappa shape index (κ3) is 3.72. The summed E-state index contributed by atoms with van der Waals surface area (Å²) in [5, 5.41) is 14.6.